The van der Waals surface area contributed by atoms with Gasteiger partial charge in [0.25, 0.3) is 5.91 Å². The third-order valence-corrected chi connectivity index (χ3v) is 3.04. The highest BCUT2D eigenvalue weighted by Crippen LogP contribution is 2.21. The molecule has 2 rings (SSSR count). The fraction of sp³-hybridized carbons (Fsp3) is 0. The van der Waals surface area contributed by atoms with E-state index in [-0.39, 0.29) is 5.91 Å². The van der Waals surface area contributed by atoms with Gasteiger partial charge in [0.15, 0.2) is 0 Å². The van der Waals surface area contributed by atoms with Gasteiger partial charge >= 0.3 is 0 Å². The van der Waals surface area contributed by atoms with E-state index in [1.54, 1.807) is 36.5 Å². The minimum Gasteiger partial charge on any atom is -0.399 e. The first-order chi connectivity index (χ1) is 8.56. The summed E-state index contributed by atoms with van der Waals surface area (Å²) >= 11 is 9.10. The molecule has 1 amide bonds. The highest BCUT2D eigenvalue weighted by Gasteiger charge is 2.09. The maximum atomic E-state index is 12.0. The van der Waals surface area contributed by atoms with Crippen molar-refractivity contribution < 1.29 is 4.79 Å². The summed E-state index contributed by atoms with van der Waals surface area (Å²) in [6.07, 6.45) is 1.62. The predicted molar refractivity (Wildman–Crippen MR) is 75.8 cm³/mol. The molecule has 0 spiro atoms. The molecule has 0 aliphatic rings. The van der Waals surface area contributed by atoms with Crippen LogP contribution in [0, 0.1) is 0 Å². The predicted octanol–water partition coefficient (Wildman–Crippen LogP) is 3.33. The molecule has 1 aromatic carbocycles. The number of carbonyl (C=O) groups excluding carboxylic acids is 1. The van der Waals surface area contributed by atoms with Gasteiger partial charge in [-0.2, -0.15) is 0 Å². The van der Waals surface area contributed by atoms with Gasteiger partial charge in [-0.05, 0) is 46.3 Å². The number of benzene rings is 1. The SMILES string of the molecule is Nc1cc(Cl)cc(C(=O)Nc2cccnc2Br)c1. The first-order valence-electron chi connectivity index (χ1n) is 5.04. The molecule has 2 aromatic rings. The summed E-state index contributed by atoms with van der Waals surface area (Å²) in [5.41, 5.74) is 7.06. The molecule has 6 heteroatoms. The summed E-state index contributed by atoms with van der Waals surface area (Å²) in [5, 5.41) is 3.14. The number of hydrogen-bond acceptors (Lipinski definition) is 3. The van der Waals surface area contributed by atoms with Gasteiger partial charge in [0.05, 0.1) is 5.69 Å². The number of nitrogens with zero attached hydrogens (tertiary/aromatic N) is 1. The van der Waals surface area contributed by atoms with Crippen molar-refractivity contribution in [2.24, 2.45) is 0 Å². The number of halogens is 2. The van der Waals surface area contributed by atoms with Gasteiger partial charge < -0.3 is 11.1 Å². The molecular formula is C12H9BrClN3O. The molecule has 0 radical (unpaired) electrons. The number of nitrogens with two attached hydrogens (primary N) is 1. The third kappa shape index (κ3) is 3.00. The molecule has 4 nitrogen and oxygen atoms in total. The fourth-order valence-electron chi connectivity index (χ4n) is 1.42. The molecule has 0 fully saturated rings. The largest absolute Gasteiger partial charge is 0.399 e. The minimum absolute atomic E-state index is 0.294. The highest BCUT2D eigenvalue weighted by atomic mass is 79.9. The molecule has 92 valence electrons. The molecule has 0 aliphatic heterocycles. The summed E-state index contributed by atoms with van der Waals surface area (Å²) in [4.78, 5) is 16.0. The first-order valence-corrected chi connectivity index (χ1v) is 6.21. The van der Waals surface area contributed by atoms with E-state index in [2.05, 4.69) is 26.2 Å². The number of amides is 1. The van der Waals surface area contributed by atoms with Crippen LogP contribution >= 0.6 is 27.5 Å². The number of anilines is 2. The van der Waals surface area contributed by atoms with E-state index in [9.17, 15) is 4.79 Å². The molecule has 0 bridgehead atoms. The Bertz CT molecular complexity index is 583. The highest BCUT2D eigenvalue weighted by molar-refractivity contribution is 9.10. The van der Waals surface area contributed by atoms with Gasteiger partial charge in [0.1, 0.15) is 4.60 Å². The van der Waals surface area contributed by atoms with E-state index in [4.69, 9.17) is 17.3 Å². The standard InChI is InChI=1S/C12H9BrClN3O/c13-11-10(2-1-3-16-11)17-12(18)7-4-8(14)6-9(15)5-7/h1-6H,15H2,(H,17,18). The van der Waals surface area contributed by atoms with Gasteiger partial charge in [0, 0.05) is 22.5 Å². The Morgan fingerprint density at radius 1 is 1.39 bits per heavy atom. The number of rotatable bonds is 2. The average molecular weight is 327 g/mol. The Morgan fingerprint density at radius 2 is 2.17 bits per heavy atom. The molecule has 0 atom stereocenters. The Labute approximate surface area is 117 Å². The monoisotopic (exact) mass is 325 g/mol. The van der Waals surface area contributed by atoms with Crippen molar-refractivity contribution in [2.45, 2.75) is 0 Å². The van der Waals surface area contributed by atoms with Crippen LogP contribution in [0.15, 0.2) is 41.1 Å². The number of nitrogens with one attached hydrogen (secondary N) is 1. The number of hydrogen-bond donors (Lipinski definition) is 2. The van der Waals surface area contributed by atoms with E-state index in [1.807, 2.05) is 0 Å². The van der Waals surface area contributed by atoms with E-state index in [1.165, 1.54) is 0 Å². The lowest BCUT2D eigenvalue weighted by atomic mass is 10.2. The maximum Gasteiger partial charge on any atom is 0.255 e. The summed E-state index contributed by atoms with van der Waals surface area (Å²) in [7, 11) is 0. The topological polar surface area (TPSA) is 68.0 Å². The van der Waals surface area contributed by atoms with Crippen molar-refractivity contribution >= 4 is 44.8 Å². The summed E-state index contributed by atoms with van der Waals surface area (Å²) in [6, 6.07) is 8.16. The quantitative estimate of drug-likeness (QED) is 0.657. The van der Waals surface area contributed by atoms with Crippen LogP contribution in [0.5, 0.6) is 0 Å². The molecule has 0 aliphatic carbocycles. The maximum absolute atomic E-state index is 12.0. The van der Waals surface area contributed by atoms with E-state index < -0.39 is 0 Å². The zero-order valence-electron chi connectivity index (χ0n) is 9.15. The second kappa shape index (κ2) is 5.37. The lowest BCUT2D eigenvalue weighted by Gasteiger charge is -2.07. The Kier molecular flexibility index (Phi) is 3.84. The molecule has 3 N–H and O–H groups in total. The number of nitrogen functional groups attached to an aromatic ring is 1. The van der Waals surface area contributed by atoms with Crippen molar-refractivity contribution in [3.63, 3.8) is 0 Å². The van der Waals surface area contributed by atoms with Crippen LogP contribution < -0.4 is 11.1 Å². The second-order valence-corrected chi connectivity index (χ2v) is 4.76. The molecule has 0 unspecified atom stereocenters. The van der Waals surface area contributed by atoms with Gasteiger partial charge in [-0.1, -0.05) is 11.6 Å². The Morgan fingerprint density at radius 3 is 2.83 bits per heavy atom. The van der Waals surface area contributed by atoms with Crippen LogP contribution in [0.1, 0.15) is 10.4 Å². The zero-order chi connectivity index (χ0) is 13.1. The fourth-order valence-corrected chi connectivity index (χ4v) is 2.01. The molecule has 1 aromatic heterocycles. The van der Waals surface area contributed by atoms with Crippen LogP contribution in [0.2, 0.25) is 5.02 Å². The average Bonchev–Trinajstić information content (AvgIpc) is 2.31. The molecular weight excluding hydrogens is 318 g/mol. The van der Waals surface area contributed by atoms with Crippen molar-refractivity contribution in [1.29, 1.82) is 0 Å². The first kappa shape index (κ1) is 12.9. The summed E-state index contributed by atoms with van der Waals surface area (Å²) in [5.74, 6) is -0.294. The van der Waals surface area contributed by atoms with E-state index >= 15 is 0 Å². The van der Waals surface area contributed by atoms with Gasteiger partial charge in [-0.15, -0.1) is 0 Å². The van der Waals surface area contributed by atoms with Crippen LogP contribution in [0.3, 0.4) is 0 Å². The van der Waals surface area contributed by atoms with Crippen LogP contribution in [-0.4, -0.2) is 10.9 Å². The molecule has 0 saturated heterocycles. The van der Waals surface area contributed by atoms with Crippen LogP contribution in [0.4, 0.5) is 11.4 Å². The lowest BCUT2D eigenvalue weighted by Crippen LogP contribution is -2.12. The van der Waals surface area contributed by atoms with E-state index in [0.29, 0.717) is 26.6 Å². The molecule has 18 heavy (non-hydrogen) atoms. The number of pyridine rings is 1. The molecule has 0 saturated carbocycles. The lowest BCUT2D eigenvalue weighted by molar-refractivity contribution is 0.102. The second-order valence-electron chi connectivity index (χ2n) is 3.57. The van der Waals surface area contributed by atoms with Crippen molar-refractivity contribution in [2.75, 3.05) is 11.1 Å². The van der Waals surface area contributed by atoms with Crippen molar-refractivity contribution in [1.82, 2.24) is 4.98 Å². The van der Waals surface area contributed by atoms with Crippen LogP contribution in [0.25, 0.3) is 0 Å². The zero-order valence-corrected chi connectivity index (χ0v) is 11.5. The minimum atomic E-state index is -0.294. The van der Waals surface area contributed by atoms with E-state index in [0.717, 1.165) is 0 Å². The Balaban J connectivity index is 2.25. The van der Waals surface area contributed by atoms with Crippen LogP contribution in [-0.2, 0) is 0 Å². The van der Waals surface area contributed by atoms with Crippen molar-refractivity contribution in [3.8, 4) is 0 Å². The smallest absolute Gasteiger partial charge is 0.255 e. The van der Waals surface area contributed by atoms with Gasteiger partial charge in [-0.3, -0.25) is 4.79 Å². The van der Waals surface area contributed by atoms with Crippen molar-refractivity contribution in [3.05, 3.63) is 51.7 Å². The Hall–Kier alpha value is -1.59. The molecule has 1 heterocycles. The number of carbonyl (C=O) groups is 1. The number of aromatic nitrogens is 1. The normalized spacial score (nSPS) is 10.1. The summed E-state index contributed by atoms with van der Waals surface area (Å²) < 4.78 is 0.563. The van der Waals surface area contributed by atoms with Gasteiger partial charge in [0.2, 0.25) is 0 Å². The van der Waals surface area contributed by atoms with Gasteiger partial charge in [-0.25, -0.2) is 4.98 Å². The third-order valence-electron chi connectivity index (χ3n) is 2.19. The summed E-state index contributed by atoms with van der Waals surface area (Å²) in [6.45, 7) is 0.